The Morgan fingerprint density at radius 1 is 0.906 bits per heavy atom. The highest BCUT2D eigenvalue weighted by molar-refractivity contribution is 6.00. The van der Waals surface area contributed by atoms with Crippen molar-refractivity contribution >= 4 is 35.3 Å². The number of aromatic nitrogens is 2. The first-order valence-electron chi connectivity index (χ1n) is 9.78. The summed E-state index contributed by atoms with van der Waals surface area (Å²) in [5, 5.41) is 10.4. The van der Waals surface area contributed by atoms with Crippen LogP contribution in [0.15, 0.2) is 30.3 Å². The molecule has 1 aliphatic rings. The molecule has 168 valence electrons. The summed E-state index contributed by atoms with van der Waals surface area (Å²) >= 11 is 0. The van der Waals surface area contributed by atoms with Gasteiger partial charge in [-0.25, -0.2) is 14.4 Å². The summed E-state index contributed by atoms with van der Waals surface area (Å²) in [7, 11) is 2.37. The molecule has 2 aromatic rings. The topological polar surface area (TPSA) is 137 Å². The molecule has 0 bridgehead atoms. The zero-order chi connectivity index (χ0) is 23.1. The fraction of sp³-hybridized carbons (Fsp3) is 0.333. The third-order valence-corrected chi connectivity index (χ3v) is 4.68. The minimum Gasteiger partial charge on any atom is -0.465 e. The van der Waals surface area contributed by atoms with Crippen molar-refractivity contribution in [1.29, 1.82) is 0 Å². The maximum absolute atomic E-state index is 12.2. The van der Waals surface area contributed by atoms with Crippen molar-refractivity contribution in [3.8, 4) is 0 Å². The molecule has 3 rings (SSSR count). The smallest absolute Gasteiger partial charge is 0.359 e. The summed E-state index contributed by atoms with van der Waals surface area (Å²) in [6, 6.07) is 7.09. The van der Waals surface area contributed by atoms with Crippen LogP contribution in [0.2, 0.25) is 0 Å². The second kappa shape index (κ2) is 10.3. The number of amides is 1. The lowest BCUT2D eigenvalue weighted by Crippen LogP contribution is -2.23. The molecule has 32 heavy (non-hydrogen) atoms. The zero-order valence-electron chi connectivity index (χ0n) is 17.6. The number of anilines is 2. The number of methoxy groups -OCH3 is 2. The van der Waals surface area contributed by atoms with E-state index in [1.807, 2.05) is 0 Å². The number of nitrogens with one attached hydrogen (secondary N) is 1. The molecule has 0 aliphatic carbocycles. The van der Waals surface area contributed by atoms with Crippen LogP contribution in [-0.2, 0) is 19.0 Å². The Morgan fingerprint density at radius 3 is 2.06 bits per heavy atom. The van der Waals surface area contributed by atoms with Crippen LogP contribution in [0.3, 0.4) is 0 Å². The van der Waals surface area contributed by atoms with Gasteiger partial charge in [-0.15, -0.1) is 10.2 Å². The van der Waals surface area contributed by atoms with Gasteiger partial charge >= 0.3 is 17.9 Å². The summed E-state index contributed by atoms with van der Waals surface area (Å²) in [6.45, 7) is 1.19. The number of carbonyl (C=O) groups excluding carboxylic acids is 4. The quantitative estimate of drug-likeness (QED) is 0.495. The zero-order valence-corrected chi connectivity index (χ0v) is 17.6. The molecule has 11 heteroatoms. The molecular weight excluding hydrogens is 420 g/mol. The Kier molecular flexibility index (Phi) is 7.32. The van der Waals surface area contributed by atoms with Crippen molar-refractivity contribution in [1.82, 2.24) is 10.2 Å². The van der Waals surface area contributed by atoms with Gasteiger partial charge in [-0.2, -0.15) is 0 Å². The van der Waals surface area contributed by atoms with Gasteiger partial charge in [-0.1, -0.05) is 0 Å². The molecule has 11 nitrogen and oxygen atoms in total. The first-order valence-corrected chi connectivity index (χ1v) is 9.78. The third kappa shape index (κ3) is 5.56. The number of carbonyl (C=O) groups is 4. The van der Waals surface area contributed by atoms with E-state index in [0.29, 0.717) is 5.82 Å². The maximum atomic E-state index is 12.2. The number of hydrogen-bond acceptors (Lipinski definition) is 10. The van der Waals surface area contributed by atoms with Crippen LogP contribution in [0, 0.1) is 0 Å². The van der Waals surface area contributed by atoms with Gasteiger partial charge in [0.1, 0.15) is 0 Å². The molecule has 1 N–H and O–H groups in total. The average molecular weight is 442 g/mol. The Morgan fingerprint density at radius 2 is 1.53 bits per heavy atom. The van der Waals surface area contributed by atoms with E-state index in [9.17, 15) is 19.2 Å². The van der Waals surface area contributed by atoms with E-state index in [1.54, 1.807) is 6.07 Å². The Bertz CT molecular complexity index is 983. The van der Waals surface area contributed by atoms with Crippen molar-refractivity contribution < 1.29 is 33.4 Å². The minimum absolute atomic E-state index is 0.0265. The third-order valence-electron chi connectivity index (χ3n) is 4.68. The second-order valence-corrected chi connectivity index (χ2v) is 6.88. The van der Waals surface area contributed by atoms with Crippen LogP contribution in [0.4, 0.5) is 11.5 Å². The van der Waals surface area contributed by atoms with Crippen molar-refractivity contribution in [2.75, 3.05) is 44.1 Å². The minimum atomic E-state index is -0.806. The second-order valence-electron chi connectivity index (χ2n) is 6.88. The first kappa shape index (κ1) is 22.7. The van der Waals surface area contributed by atoms with Crippen molar-refractivity contribution in [3.05, 3.63) is 47.2 Å². The fourth-order valence-corrected chi connectivity index (χ4v) is 3.12. The van der Waals surface area contributed by atoms with E-state index in [-0.39, 0.29) is 22.5 Å². The maximum Gasteiger partial charge on any atom is 0.359 e. The Balaban J connectivity index is 1.60. The lowest BCUT2D eigenvalue weighted by atomic mass is 10.1. The SMILES string of the molecule is COC(=O)c1cc(NC(=O)COC(=O)c2ccc(N3CCCC3)nn2)cc(C(=O)OC)c1. The number of esters is 3. The first-order chi connectivity index (χ1) is 15.4. The van der Waals surface area contributed by atoms with Crippen LogP contribution < -0.4 is 10.2 Å². The number of ether oxygens (including phenoxy) is 3. The van der Waals surface area contributed by atoms with Gasteiger partial charge in [-0.3, -0.25) is 4.79 Å². The molecule has 0 radical (unpaired) electrons. The molecule has 1 amide bonds. The normalized spacial score (nSPS) is 12.8. The number of nitrogens with zero attached hydrogens (tertiary/aromatic N) is 3. The van der Waals surface area contributed by atoms with Gasteiger partial charge in [0.05, 0.1) is 25.3 Å². The van der Waals surface area contributed by atoms with Crippen LogP contribution in [0.25, 0.3) is 0 Å². The van der Waals surface area contributed by atoms with Crippen molar-refractivity contribution in [3.63, 3.8) is 0 Å². The molecule has 1 aromatic carbocycles. The van der Waals surface area contributed by atoms with E-state index >= 15 is 0 Å². The molecule has 0 unspecified atom stereocenters. The Labute approximate surface area is 183 Å². The highest BCUT2D eigenvalue weighted by Gasteiger charge is 2.18. The molecule has 0 saturated carbocycles. The molecular formula is C21H22N4O7. The molecule has 0 spiro atoms. The predicted octanol–water partition coefficient (Wildman–Crippen LogP) is 1.45. The number of hydrogen-bond donors (Lipinski definition) is 1. The van der Waals surface area contributed by atoms with E-state index in [4.69, 9.17) is 4.74 Å². The molecule has 1 aromatic heterocycles. The molecule has 1 fully saturated rings. The highest BCUT2D eigenvalue weighted by Crippen LogP contribution is 2.18. The largest absolute Gasteiger partial charge is 0.465 e. The van der Waals surface area contributed by atoms with Crippen LogP contribution in [0.1, 0.15) is 44.0 Å². The van der Waals surface area contributed by atoms with Gasteiger partial charge in [0.25, 0.3) is 5.91 Å². The van der Waals surface area contributed by atoms with Gasteiger partial charge < -0.3 is 24.4 Å². The monoisotopic (exact) mass is 442 g/mol. The van der Waals surface area contributed by atoms with Crippen LogP contribution in [0.5, 0.6) is 0 Å². The summed E-state index contributed by atoms with van der Waals surface area (Å²) < 4.78 is 14.3. The summed E-state index contributed by atoms with van der Waals surface area (Å²) in [4.78, 5) is 50.1. The number of benzene rings is 1. The van der Waals surface area contributed by atoms with E-state index in [0.717, 1.165) is 25.9 Å². The fourth-order valence-electron chi connectivity index (χ4n) is 3.12. The standard InChI is InChI=1S/C21H22N4O7/c1-30-19(27)13-9-14(20(28)31-2)11-15(10-13)22-18(26)12-32-21(29)16-5-6-17(24-23-16)25-7-3-4-8-25/h5-6,9-11H,3-4,7-8,12H2,1-2H3,(H,22,26). The summed E-state index contributed by atoms with van der Waals surface area (Å²) in [5.74, 6) is -2.21. The number of rotatable bonds is 7. The van der Waals surface area contributed by atoms with Gasteiger partial charge in [-0.05, 0) is 43.2 Å². The Hall–Kier alpha value is -4.02. The summed E-state index contributed by atoms with van der Waals surface area (Å²) in [5.41, 5.74) is 0.178. The van der Waals surface area contributed by atoms with Crippen LogP contribution in [-0.4, -0.2) is 67.9 Å². The average Bonchev–Trinajstić information content (AvgIpc) is 3.36. The molecule has 2 heterocycles. The van der Waals surface area contributed by atoms with Gasteiger partial charge in [0.2, 0.25) is 0 Å². The van der Waals surface area contributed by atoms with Gasteiger partial charge in [0, 0.05) is 18.8 Å². The molecule has 1 saturated heterocycles. The lowest BCUT2D eigenvalue weighted by molar-refractivity contribution is -0.119. The summed E-state index contributed by atoms with van der Waals surface area (Å²) in [6.07, 6.45) is 2.18. The highest BCUT2D eigenvalue weighted by atomic mass is 16.5. The molecule has 0 atom stereocenters. The van der Waals surface area contributed by atoms with Crippen molar-refractivity contribution in [2.24, 2.45) is 0 Å². The molecule has 1 aliphatic heterocycles. The van der Waals surface area contributed by atoms with E-state index in [2.05, 4.69) is 29.9 Å². The van der Waals surface area contributed by atoms with Gasteiger partial charge in [0.15, 0.2) is 18.1 Å². The van der Waals surface area contributed by atoms with Crippen LogP contribution >= 0.6 is 0 Å². The van der Waals surface area contributed by atoms with E-state index in [1.165, 1.54) is 38.5 Å². The van der Waals surface area contributed by atoms with Crippen molar-refractivity contribution in [2.45, 2.75) is 12.8 Å². The van der Waals surface area contributed by atoms with E-state index < -0.39 is 30.4 Å². The predicted molar refractivity (Wildman–Crippen MR) is 112 cm³/mol. The lowest BCUT2D eigenvalue weighted by Gasteiger charge is -2.15.